The van der Waals surface area contributed by atoms with Gasteiger partial charge >= 0.3 is 12.1 Å². The fraction of sp³-hybridized carbons (Fsp3) is 0.333. The van der Waals surface area contributed by atoms with Gasteiger partial charge in [-0.1, -0.05) is 12.1 Å². The highest BCUT2D eigenvalue weighted by atomic mass is 19.4. The van der Waals surface area contributed by atoms with Crippen LogP contribution in [0.25, 0.3) is 0 Å². The molecule has 1 N–H and O–H groups in total. The molecule has 2 rings (SSSR count). The molecule has 0 atom stereocenters. The van der Waals surface area contributed by atoms with E-state index < -0.39 is 17.7 Å². The average Bonchev–Trinajstić information content (AvgIpc) is 2.65. The van der Waals surface area contributed by atoms with Gasteiger partial charge in [-0.2, -0.15) is 18.3 Å². The molecule has 0 unspecified atom stereocenters. The van der Waals surface area contributed by atoms with Crippen molar-refractivity contribution in [3.63, 3.8) is 0 Å². The molecule has 0 fully saturated rings. The van der Waals surface area contributed by atoms with E-state index in [9.17, 15) is 18.0 Å². The van der Waals surface area contributed by atoms with Crippen LogP contribution < -0.4 is 0 Å². The van der Waals surface area contributed by atoms with Crippen LogP contribution in [0, 0.1) is 13.8 Å². The maximum Gasteiger partial charge on any atom is 0.416 e. The first kappa shape index (κ1) is 16.1. The third-order valence-corrected chi connectivity index (χ3v) is 3.45. The zero-order chi connectivity index (χ0) is 16.5. The number of benzene rings is 1. The van der Waals surface area contributed by atoms with Crippen LogP contribution in [0.2, 0.25) is 0 Å². The van der Waals surface area contributed by atoms with Crippen LogP contribution in [0.1, 0.15) is 28.1 Å². The van der Waals surface area contributed by atoms with Crippen molar-refractivity contribution in [3.05, 3.63) is 52.3 Å². The van der Waals surface area contributed by atoms with Gasteiger partial charge < -0.3 is 5.11 Å². The molecular formula is C15H15F3N2O2. The Morgan fingerprint density at radius 2 is 2.00 bits per heavy atom. The van der Waals surface area contributed by atoms with Crippen LogP contribution in [-0.2, 0) is 23.9 Å². The zero-order valence-corrected chi connectivity index (χ0v) is 12.1. The van der Waals surface area contributed by atoms with Crippen molar-refractivity contribution in [2.24, 2.45) is 0 Å². The lowest BCUT2D eigenvalue weighted by atomic mass is 10.1. The van der Waals surface area contributed by atoms with Gasteiger partial charge in [0.05, 0.1) is 24.2 Å². The number of nitrogens with zero attached hydrogens (tertiary/aromatic N) is 2. The Labute approximate surface area is 125 Å². The Morgan fingerprint density at radius 1 is 1.32 bits per heavy atom. The summed E-state index contributed by atoms with van der Waals surface area (Å²) in [7, 11) is 0. The minimum absolute atomic E-state index is 0.153. The fourth-order valence-corrected chi connectivity index (χ4v) is 2.31. The van der Waals surface area contributed by atoms with Crippen LogP contribution in [0.15, 0.2) is 24.3 Å². The summed E-state index contributed by atoms with van der Waals surface area (Å²) in [5.74, 6) is -0.968. The van der Waals surface area contributed by atoms with Gasteiger partial charge in [0.2, 0.25) is 0 Å². The third kappa shape index (κ3) is 3.47. The highest BCUT2D eigenvalue weighted by Gasteiger charge is 2.30. The van der Waals surface area contributed by atoms with Gasteiger partial charge in [0.1, 0.15) is 0 Å². The van der Waals surface area contributed by atoms with Crippen molar-refractivity contribution >= 4 is 5.97 Å². The maximum absolute atomic E-state index is 12.7. The van der Waals surface area contributed by atoms with E-state index >= 15 is 0 Å². The maximum atomic E-state index is 12.7. The first-order chi connectivity index (χ1) is 10.2. The first-order valence-corrected chi connectivity index (χ1v) is 6.59. The number of rotatable bonds is 4. The van der Waals surface area contributed by atoms with Gasteiger partial charge in [-0.3, -0.25) is 9.48 Å². The highest BCUT2D eigenvalue weighted by molar-refractivity contribution is 5.70. The summed E-state index contributed by atoms with van der Waals surface area (Å²) >= 11 is 0. The number of alkyl halides is 3. The topological polar surface area (TPSA) is 55.1 Å². The molecule has 0 amide bonds. The molecule has 2 aromatic rings. The van der Waals surface area contributed by atoms with Crippen molar-refractivity contribution < 1.29 is 23.1 Å². The number of carboxylic acid groups (broad SMARTS) is 1. The monoisotopic (exact) mass is 312 g/mol. The van der Waals surface area contributed by atoms with E-state index in [1.807, 2.05) is 0 Å². The van der Waals surface area contributed by atoms with Crippen molar-refractivity contribution in [2.45, 2.75) is 33.0 Å². The van der Waals surface area contributed by atoms with Crippen LogP contribution >= 0.6 is 0 Å². The Kier molecular flexibility index (Phi) is 4.25. The van der Waals surface area contributed by atoms with Gasteiger partial charge in [0, 0.05) is 11.3 Å². The van der Waals surface area contributed by atoms with Gasteiger partial charge in [-0.25, -0.2) is 0 Å². The van der Waals surface area contributed by atoms with Crippen molar-refractivity contribution in [1.29, 1.82) is 0 Å². The van der Waals surface area contributed by atoms with Gasteiger partial charge in [0.25, 0.3) is 0 Å². The molecule has 118 valence electrons. The number of aromatic nitrogens is 2. The molecule has 0 bridgehead atoms. The molecule has 0 aliphatic rings. The lowest BCUT2D eigenvalue weighted by Gasteiger charge is -2.10. The van der Waals surface area contributed by atoms with Crippen molar-refractivity contribution in [2.75, 3.05) is 0 Å². The summed E-state index contributed by atoms with van der Waals surface area (Å²) in [6.07, 6.45) is -4.54. The molecule has 22 heavy (non-hydrogen) atoms. The number of hydrogen-bond acceptors (Lipinski definition) is 2. The predicted molar refractivity (Wildman–Crippen MR) is 73.6 cm³/mol. The molecule has 1 aromatic carbocycles. The molecule has 0 saturated heterocycles. The largest absolute Gasteiger partial charge is 0.481 e. The summed E-state index contributed by atoms with van der Waals surface area (Å²) in [4.78, 5) is 10.8. The van der Waals surface area contributed by atoms with Gasteiger partial charge in [0.15, 0.2) is 0 Å². The van der Waals surface area contributed by atoms with E-state index in [4.69, 9.17) is 5.11 Å². The molecule has 4 nitrogen and oxygen atoms in total. The molecule has 0 radical (unpaired) electrons. The average molecular weight is 312 g/mol. The second kappa shape index (κ2) is 5.82. The Bertz CT molecular complexity index is 705. The summed E-state index contributed by atoms with van der Waals surface area (Å²) in [6.45, 7) is 3.57. The Balaban J connectivity index is 2.30. The number of aryl methyl sites for hydroxylation is 1. The van der Waals surface area contributed by atoms with Crippen molar-refractivity contribution in [1.82, 2.24) is 9.78 Å². The molecule has 1 aromatic heterocycles. The van der Waals surface area contributed by atoms with E-state index in [1.54, 1.807) is 19.9 Å². The fourth-order valence-electron chi connectivity index (χ4n) is 2.31. The van der Waals surface area contributed by atoms with Crippen LogP contribution in [0.5, 0.6) is 0 Å². The Hall–Kier alpha value is -2.31. The second-order valence-corrected chi connectivity index (χ2v) is 5.08. The van der Waals surface area contributed by atoms with Crippen LogP contribution in [-0.4, -0.2) is 20.9 Å². The quantitative estimate of drug-likeness (QED) is 0.943. The second-order valence-electron chi connectivity index (χ2n) is 5.08. The van der Waals surface area contributed by atoms with E-state index in [0.29, 0.717) is 22.5 Å². The molecule has 0 spiro atoms. The lowest BCUT2D eigenvalue weighted by molar-refractivity contribution is -0.138. The lowest BCUT2D eigenvalue weighted by Crippen LogP contribution is -2.09. The zero-order valence-electron chi connectivity index (χ0n) is 12.1. The minimum atomic E-state index is -4.39. The summed E-state index contributed by atoms with van der Waals surface area (Å²) in [5.41, 5.74) is 1.57. The predicted octanol–water partition coefficient (Wildman–Crippen LogP) is 3.19. The number of aliphatic carboxylic acids is 1. The SMILES string of the molecule is Cc1nn(Cc2cccc(C(F)(F)F)c2)c(C)c1CC(=O)O. The summed E-state index contributed by atoms with van der Waals surface area (Å²) in [6, 6.07) is 5.03. The number of hydrogen-bond donors (Lipinski definition) is 1. The number of carbonyl (C=O) groups is 1. The van der Waals surface area contributed by atoms with E-state index in [0.717, 1.165) is 12.1 Å². The molecule has 0 aliphatic carbocycles. The molecule has 0 saturated carbocycles. The molecule has 1 heterocycles. The third-order valence-electron chi connectivity index (χ3n) is 3.45. The Morgan fingerprint density at radius 3 is 2.59 bits per heavy atom. The summed E-state index contributed by atoms with van der Waals surface area (Å²) in [5, 5.41) is 13.1. The van der Waals surface area contributed by atoms with E-state index in [1.165, 1.54) is 10.7 Å². The molecule has 7 heteroatoms. The standard InChI is InChI=1S/C15H15F3N2O2/c1-9-13(7-14(21)22)10(2)20(19-9)8-11-4-3-5-12(6-11)15(16,17)18/h3-6H,7-8H2,1-2H3,(H,21,22). The highest BCUT2D eigenvalue weighted by Crippen LogP contribution is 2.29. The van der Waals surface area contributed by atoms with Crippen molar-refractivity contribution in [3.8, 4) is 0 Å². The van der Waals surface area contributed by atoms with E-state index in [2.05, 4.69) is 5.10 Å². The first-order valence-electron chi connectivity index (χ1n) is 6.59. The molecule has 0 aliphatic heterocycles. The van der Waals surface area contributed by atoms with Gasteiger partial charge in [-0.15, -0.1) is 0 Å². The van der Waals surface area contributed by atoms with Gasteiger partial charge in [-0.05, 0) is 31.5 Å². The number of carboxylic acids is 1. The van der Waals surface area contributed by atoms with Crippen LogP contribution in [0.4, 0.5) is 13.2 Å². The van der Waals surface area contributed by atoms with Crippen LogP contribution in [0.3, 0.4) is 0 Å². The molecular weight excluding hydrogens is 297 g/mol. The smallest absolute Gasteiger partial charge is 0.416 e. The summed E-state index contributed by atoms with van der Waals surface area (Å²) < 4.78 is 39.7. The minimum Gasteiger partial charge on any atom is -0.481 e. The number of halogens is 3. The van der Waals surface area contributed by atoms with E-state index in [-0.39, 0.29) is 13.0 Å². The normalized spacial score (nSPS) is 11.7.